The van der Waals surface area contributed by atoms with Gasteiger partial charge in [0, 0.05) is 12.8 Å². The Morgan fingerprint density at radius 3 is 0.855 bits per heavy atom. The van der Waals surface area contributed by atoms with Crippen molar-refractivity contribution in [3.63, 3.8) is 0 Å². The number of carbonyl (C=O) groups excluding carboxylic acids is 2. The number of esters is 1. The van der Waals surface area contributed by atoms with E-state index in [0.717, 1.165) is 44.9 Å². The summed E-state index contributed by atoms with van der Waals surface area (Å²) in [6, 6.07) is -0.628. The van der Waals surface area contributed by atoms with Crippen LogP contribution in [0, 0.1) is 0 Å². The minimum absolute atomic E-state index is 0.0142. The molecule has 2 atom stereocenters. The van der Waals surface area contributed by atoms with Crippen molar-refractivity contribution >= 4 is 11.9 Å². The number of hydrogen-bond acceptors (Lipinski definition) is 5. The van der Waals surface area contributed by atoms with Crippen LogP contribution in [-0.2, 0) is 14.3 Å². The van der Waals surface area contributed by atoms with Gasteiger partial charge in [0.1, 0.15) is 0 Å². The normalized spacial score (nSPS) is 12.6. The van der Waals surface area contributed by atoms with Crippen LogP contribution in [0.5, 0.6) is 0 Å². The Kier molecular flexibility index (Phi) is 71.4. The molecule has 0 aromatic carbocycles. The van der Waals surface area contributed by atoms with Crippen molar-refractivity contribution in [3.05, 3.63) is 24.3 Å². The number of carbonyl (C=O) groups is 2. The Bertz CT molecular complexity index is 1300. The molecular formula is C77H149NO5. The van der Waals surface area contributed by atoms with Gasteiger partial charge in [-0.3, -0.25) is 9.59 Å². The molecule has 83 heavy (non-hydrogen) atoms. The first-order valence-corrected chi connectivity index (χ1v) is 38.1. The van der Waals surface area contributed by atoms with Gasteiger partial charge >= 0.3 is 5.97 Å². The lowest BCUT2D eigenvalue weighted by Gasteiger charge is -2.20. The summed E-state index contributed by atoms with van der Waals surface area (Å²) in [5.74, 6) is -0.0472. The van der Waals surface area contributed by atoms with Crippen molar-refractivity contribution in [2.24, 2.45) is 0 Å². The molecule has 0 radical (unpaired) electrons. The third kappa shape index (κ3) is 69.3. The van der Waals surface area contributed by atoms with Gasteiger partial charge in [-0.15, -0.1) is 0 Å². The van der Waals surface area contributed by atoms with Gasteiger partial charge in [-0.1, -0.05) is 385 Å². The molecule has 492 valence electrons. The fraction of sp³-hybridized carbons (Fsp3) is 0.922. The van der Waals surface area contributed by atoms with Crippen molar-refractivity contribution in [2.75, 3.05) is 13.2 Å². The van der Waals surface area contributed by atoms with Gasteiger partial charge in [-0.25, -0.2) is 0 Å². The van der Waals surface area contributed by atoms with Crippen LogP contribution < -0.4 is 5.32 Å². The lowest BCUT2D eigenvalue weighted by atomic mass is 10.0. The molecule has 6 nitrogen and oxygen atoms in total. The van der Waals surface area contributed by atoms with Crippen LogP contribution in [0.15, 0.2) is 24.3 Å². The second kappa shape index (κ2) is 72.8. The molecule has 1 amide bonds. The Labute approximate surface area is 520 Å². The molecule has 0 bridgehead atoms. The quantitative estimate of drug-likeness (QED) is 0.0320. The fourth-order valence-electron chi connectivity index (χ4n) is 12.2. The van der Waals surface area contributed by atoms with Gasteiger partial charge in [-0.2, -0.15) is 0 Å². The average molecular weight is 1170 g/mol. The van der Waals surface area contributed by atoms with Crippen LogP contribution in [0.1, 0.15) is 431 Å². The number of aliphatic hydroxyl groups is 2. The number of aliphatic hydroxyl groups excluding tert-OH is 2. The zero-order chi connectivity index (χ0) is 59.9. The van der Waals surface area contributed by atoms with E-state index in [1.807, 2.05) is 6.08 Å². The molecule has 2 unspecified atom stereocenters. The van der Waals surface area contributed by atoms with E-state index < -0.39 is 12.1 Å². The molecule has 0 saturated heterocycles. The van der Waals surface area contributed by atoms with Crippen molar-refractivity contribution in [1.82, 2.24) is 5.32 Å². The molecular weight excluding hydrogens is 1020 g/mol. The highest BCUT2D eigenvalue weighted by Crippen LogP contribution is 2.19. The maximum Gasteiger partial charge on any atom is 0.305 e. The van der Waals surface area contributed by atoms with E-state index >= 15 is 0 Å². The molecule has 0 aromatic heterocycles. The van der Waals surface area contributed by atoms with Gasteiger partial charge < -0.3 is 20.3 Å². The molecule has 0 aromatic rings. The maximum absolute atomic E-state index is 12.5. The monoisotopic (exact) mass is 1170 g/mol. The lowest BCUT2D eigenvalue weighted by molar-refractivity contribution is -0.143. The van der Waals surface area contributed by atoms with Crippen LogP contribution in [0.3, 0.4) is 0 Å². The Morgan fingerprint density at radius 2 is 0.566 bits per heavy atom. The molecule has 0 heterocycles. The van der Waals surface area contributed by atoms with Crippen LogP contribution >= 0.6 is 0 Å². The highest BCUT2D eigenvalue weighted by atomic mass is 16.5. The van der Waals surface area contributed by atoms with E-state index in [4.69, 9.17) is 4.74 Å². The number of allylic oxidation sites excluding steroid dienone is 3. The van der Waals surface area contributed by atoms with E-state index in [-0.39, 0.29) is 18.5 Å². The predicted octanol–water partition coefficient (Wildman–Crippen LogP) is 24.9. The van der Waals surface area contributed by atoms with E-state index in [1.54, 1.807) is 6.08 Å². The standard InChI is InChI=1S/C77H149NO5/c1-3-5-7-9-11-13-15-17-19-21-23-24-28-31-34-37-41-45-49-53-57-61-65-69-75(80)74(73-79)78-76(81)70-66-62-58-54-50-46-42-38-35-32-29-26-25-27-30-33-36-40-44-48-52-56-60-64-68-72-83-77(82)71-67-63-59-55-51-47-43-39-22-20-18-16-14-12-10-8-6-4-2/h20,22,65,69,74-75,79-80H,3-19,21,23-64,66-68,70-73H2,1-2H3,(H,78,81)/b22-20-,69-65+. The fourth-order valence-corrected chi connectivity index (χ4v) is 12.2. The Morgan fingerprint density at radius 1 is 0.325 bits per heavy atom. The summed E-state index contributed by atoms with van der Waals surface area (Å²) in [5, 5.41) is 23.3. The average Bonchev–Trinajstić information content (AvgIpc) is 3.49. The number of rotatable bonds is 72. The summed E-state index contributed by atoms with van der Waals surface area (Å²) < 4.78 is 5.51. The van der Waals surface area contributed by atoms with Gasteiger partial charge in [-0.05, 0) is 57.8 Å². The minimum Gasteiger partial charge on any atom is -0.466 e. The SMILES string of the molecule is CCCCCCCCC/C=C\CCCCCCCCCC(=O)OCCCCCCCCCCCCCCCCCCCCCCCCCCCC(=O)NC(CO)C(O)/C=C/CCCCCCCCCCCCCCCCCCCCCCC. The van der Waals surface area contributed by atoms with Crippen LogP contribution in [0.25, 0.3) is 0 Å². The van der Waals surface area contributed by atoms with Crippen molar-refractivity contribution in [2.45, 2.75) is 443 Å². The van der Waals surface area contributed by atoms with Gasteiger partial charge in [0.05, 0.1) is 25.4 Å². The summed E-state index contributed by atoms with van der Waals surface area (Å²) in [6.45, 7) is 4.95. The highest BCUT2D eigenvalue weighted by molar-refractivity contribution is 5.76. The molecule has 0 aliphatic carbocycles. The number of nitrogens with one attached hydrogen (secondary N) is 1. The first-order valence-electron chi connectivity index (χ1n) is 38.1. The van der Waals surface area contributed by atoms with Gasteiger partial charge in [0.15, 0.2) is 0 Å². The summed E-state index contributed by atoms with van der Waals surface area (Å²) in [6.07, 6.45) is 92.8. The van der Waals surface area contributed by atoms with E-state index in [1.165, 1.54) is 360 Å². The highest BCUT2D eigenvalue weighted by Gasteiger charge is 2.18. The molecule has 0 aliphatic rings. The van der Waals surface area contributed by atoms with E-state index in [0.29, 0.717) is 19.4 Å². The summed E-state index contributed by atoms with van der Waals surface area (Å²) >= 11 is 0. The number of amides is 1. The molecule has 6 heteroatoms. The van der Waals surface area contributed by atoms with Gasteiger partial charge in [0.2, 0.25) is 5.91 Å². The zero-order valence-corrected chi connectivity index (χ0v) is 56.5. The summed E-state index contributed by atoms with van der Waals surface area (Å²) in [4.78, 5) is 24.7. The number of unbranched alkanes of at least 4 members (excludes halogenated alkanes) is 59. The minimum atomic E-state index is -0.845. The maximum atomic E-state index is 12.5. The van der Waals surface area contributed by atoms with E-state index in [2.05, 4.69) is 31.3 Å². The molecule has 0 aliphatic heterocycles. The van der Waals surface area contributed by atoms with Gasteiger partial charge in [0.25, 0.3) is 0 Å². The Hall–Kier alpha value is -1.66. The second-order valence-electron chi connectivity index (χ2n) is 26.3. The van der Waals surface area contributed by atoms with Crippen LogP contribution in [0.4, 0.5) is 0 Å². The molecule has 0 spiro atoms. The number of ether oxygens (including phenoxy) is 1. The number of hydrogen-bond donors (Lipinski definition) is 3. The molecule has 0 fully saturated rings. The summed E-state index contributed by atoms with van der Waals surface area (Å²) in [7, 11) is 0. The lowest BCUT2D eigenvalue weighted by Crippen LogP contribution is -2.45. The molecule has 0 saturated carbocycles. The van der Waals surface area contributed by atoms with Crippen molar-refractivity contribution in [3.8, 4) is 0 Å². The smallest absolute Gasteiger partial charge is 0.305 e. The largest absolute Gasteiger partial charge is 0.466 e. The van der Waals surface area contributed by atoms with Crippen molar-refractivity contribution < 1.29 is 24.5 Å². The first kappa shape index (κ1) is 81.3. The summed E-state index contributed by atoms with van der Waals surface area (Å²) in [5.41, 5.74) is 0. The van der Waals surface area contributed by atoms with Crippen LogP contribution in [-0.4, -0.2) is 47.4 Å². The molecule has 3 N–H and O–H groups in total. The zero-order valence-electron chi connectivity index (χ0n) is 56.5. The first-order chi connectivity index (χ1) is 41.0. The van der Waals surface area contributed by atoms with E-state index in [9.17, 15) is 19.8 Å². The van der Waals surface area contributed by atoms with Crippen molar-refractivity contribution in [1.29, 1.82) is 0 Å². The second-order valence-corrected chi connectivity index (χ2v) is 26.3. The third-order valence-electron chi connectivity index (χ3n) is 18.0. The van der Waals surface area contributed by atoms with Crippen LogP contribution in [0.2, 0.25) is 0 Å². The Balaban J connectivity index is 3.38. The molecule has 0 rings (SSSR count). The third-order valence-corrected chi connectivity index (χ3v) is 18.0. The predicted molar refractivity (Wildman–Crippen MR) is 366 cm³/mol. The topological polar surface area (TPSA) is 95.9 Å².